The molecule has 0 aliphatic rings. The van der Waals surface area contributed by atoms with Gasteiger partial charge in [0.25, 0.3) is 0 Å². The average molecular weight is 326 g/mol. The first-order valence-corrected chi connectivity index (χ1v) is 7.33. The Bertz CT molecular complexity index is 646. The highest BCUT2D eigenvalue weighted by atomic mass is 35.5. The van der Waals surface area contributed by atoms with Crippen LogP contribution in [0.2, 0.25) is 5.02 Å². The van der Waals surface area contributed by atoms with Gasteiger partial charge in [-0.3, -0.25) is 0 Å². The third kappa shape index (κ3) is 4.17. The SMILES string of the molecule is O=C(NCCc1cscn1)Nc1cccc(Cl)c1C(=O)O. The third-order valence-corrected chi connectivity index (χ3v) is 3.58. The second-order valence-corrected chi connectivity index (χ2v) is 5.20. The molecule has 2 rings (SSSR count). The number of urea groups is 1. The van der Waals surface area contributed by atoms with E-state index in [1.54, 1.807) is 11.6 Å². The summed E-state index contributed by atoms with van der Waals surface area (Å²) < 4.78 is 0. The van der Waals surface area contributed by atoms with E-state index in [2.05, 4.69) is 15.6 Å². The lowest BCUT2D eigenvalue weighted by Crippen LogP contribution is -2.31. The predicted molar refractivity (Wildman–Crippen MR) is 81.3 cm³/mol. The molecule has 0 aliphatic heterocycles. The van der Waals surface area contributed by atoms with Crippen molar-refractivity contribution in [3.05, 3.63) is 45.4 Å². The molecule has 0 atom stereocenters. The van der Waals surface area contributed by atoms with Gasteiger partial charge in [-0.15, -0.1) is 11.3 Å². The van der Waals surface area contributed by atoms with Crippen molar-refractivity contribution in [1.29, 1.82) is 0 Å². The van der Waals surface area contributed by atoms with Crippen LogP contribution in [0.25, 0.3) is 0 Å². The lowest BCUT2D eigenvalue weighted by atomic mass is 10.2. The van der Waals surface area contributed by atoms with Crippen LogP contribution in [0.3, 0.4) is 0 Å². The van der Waals surface area contributed by atoms with Crippen LogP contribution in [0.4, 0.5) is 10.5 Å². The van der Waals surface area contributed by atoms with Gasteiger partial charge in [-0.25, -0.2) is 14.6 Å². The summed E-state index contributed by atoms with van der Waals surface area (Å²) in [7, 11) is 0. The summed E-state index contributed by atoms with van der Waals surface area (Å²) in [6.45, 7) is 0.401. The predicted octanol–water partition coefficient (Wildman–Crippen LogP) is 2.86. The minimum absolute atomic E-state index is 0.0720. The molecule has 0 fully saturated rings. The molecule has 0 radical (unpaired) electrons. The van der Waals surface area contributed by atoms with Crippen LogP contribution in [0.1, 0.15) is 16.1 Å². The minimum Gasteiger partial charge on any atom is -0.478 e. The molecule has 0 aliphatic carbocycles. The Hall–Kier alpha value is -2.12. The highest BCUT2D eigenvalue weighted by Crippen LogP contribution is 2.24. The van der Waals surface area contributed by atoms with Crippen LogP contribution in [0, 0.1) is 0 Å². The number of carbonyl (C=O) groups excluding carboxylic acids is 1. The molecule has 1 heterocycles. The molecule has 0 unspecified atom stereocenters. The average Bonchev–Trinajstić information content (AvgIpc) is 2.91. The fraction of sp³-hybridized carbons (Fsp3) is 0.154. The Morgan fingerprint density at radius 2 is 2.19 bits per heavy atom. The van der Waals surface area contributed by atoms with E-state index < -0.39 is 12.0 Å². The van der Waals surface area contributed by atoms with E-state index in [-0.39, 0.29) is 16.3 Å². The summed E-state index contributed by atoms with van der Waals surface area (Å²) in [5.74, 6) is -1.20. The smallest absolute Gasteiger partial charge is 0.339 e. The Balaban J connectivity index is 1.93. The molecular formula is C13H12ClN3O3S. The van der Waals surface area contributed by atoms with Crippen LogP contribution >= 0.6 is 22.9 Å². The number of halogens is 1. The summed E-state index contributed by atoms with van der Waals surface area (Å²) in [6.07, 6.45) is 0.609. The van der Waals surface area contributed by atoms with Gasteiger partial charge < -0.3 is 15.7 Å². The van der Waals surface area contributed by atoms with E-state index in [4.69, 9.17) is 16.7 Å². The number of hydrogen-bond donors (Lipinski definition) is 3. The number of aromatic carboxylic acids is 1. The fourth-order valence-corrected chi connectivity index (χ4v) is 2.53. The van der Waals surface area contributed by atoms with E-state index in [0.717, 1.165) is 5.69 Å². The van der Waals surface area contributed by atoms with E-state index >= 15 is 0 Å². The highest BCUT2D eigenvalue weighted by molar-refractivity contribution is 7.07. The van der Waals surface area contributed by atoms with Gasteiger partial charge >= 0.3 is 12.0 Å². The van der Waals surface area contributed by atoms with E-state index in [9.17, 15) is 9.59 Å². The summed E-state index contributed by atoms with van der Waals surface area (Å²) >= 11 is 7.31. The minimum atomic E-state index is -1.20. The zero-order valence-corrected chi connectivity index (χ0v) is 12.4. The number of nitrogens with one attached hydrogen (secondary N) is 2. The first kappa shape index (κ1) is 15.3. The topological polar surface area (TPSA) is 91.3 Å². The molecule has 110 valence electrons. The Morgan fingerprint density at radius 3 is 2.86 bits per heavy atom. The summed E-state index contributed by atoms with van der Waals surface area (Å²) in [4.78, 5) is 27.0. The number of benzene rings is 1. The quantitative estimate of drug-likeness (QED) is 0.788. The van der Waals surface area contributed by atoms with Crippen LogP contribution in [0.5, 0.6) is 0 Å². The van der Waals surface area contributed by atoms with Crippen molar-refractivity contribution in [2.45, 2.75) is 6.42 Å². The van der Waals surface area contributed by atoms with Gasteiger partial charge in [0, 0.05) is 18.3 Å². The molecule has 0 saturated carbocycles. The Labute approximate surface area is 129 Å². The summed E-state index contributed by atoms with van der Waals surface area (Å²) in [6, 6.07) is 4.01. The molecule has 1 aromatic carbocycles. The summed E-state index contributed by atoms with van der Waals surface area (Å²) in [5.41, 5.74) is 2.64. The molecule has 8 heteroatoms. The first-order chi connectivity index (χ1) is 10.1. The van der Waals surface area contributed by atoms with Crippen molar-refractivity contribution in [1.82, 2.24) is 10.3 Å². The molecule has 3 N–H and O–H groups in total. The maximum atomic E-state index is 11.8. The largest absolute Gasteiger partial charge is 0.478 e. The van der Waals surface area contributed by atoms with Gasteiger partial charge in [0.1, 0.15) is 5.56 Å². The maximum Gasteiger partial charge on any atom is 0.339 e. The number of carbonyl (C=O) groups is 2. The molecular weight excluding hydrogens is 314 g/mol. The molecule has 0 bridgehead atoms. The normalized spacial score (nSPS) is 10.1. The molecule has 0 saturated heterocycles. The van der Waals surface area contributed by atoms with Gasteiger partial charge in [0.2, 0.25) is 0 Å². The molecule has 2 aromatic rings. The van der Waals surface area contributed by atoms with Crippen molar-refractivity contribution in [2.24, 2.45) is 0 Å². The second kappa shape index (κ2) is 7.05. The molecule has 1 aromatic heterocycles. The van der Waals surface area contributed by atoms with Gasteiger partial charge in [-0.1, -0.05) is 17.7 Å². The van der Waals surface area contributed by atoms with Crippen molar-refractivity contribution in [3.63, 3.8) is 0 Å². The van der Waals surface area contributed by atoms with E-state index in [1.807, 2.05) is 5.38 Å². The van der Waals surface area contributed by atoms with Gasteiger partial charge in [0.05, 0.1) is 21.9 Å². The fourth-order valence-electron chi connectivity index (χ4n) is 1.68. The zero-order chi connectivity index (χ0) is 15.2. The second-order valence-electron chi connectivity index (χ2n) is 4.08. The van der Waals surface area contributed by atoms with Crippen molar-refractivity contribution < 1.29 is 14.7 Å². The zero-order valence-electron chi connectivity index (χ0n) is 10.8. The first-order valence-electron chi connectivity index (χ1n) is 6.01. The van der Waals surface area contributed by atoms with E-state index in [1.165, 1.54) is 23.5 Å². The highest BCUT2D eigenvalue weighted by Gasteiger charge is 2.15. The number of nitrogens with zero attached hydrogens (tertiary/aromatic N) is 1. The van der Waals surface area contributed by atoms with Gasteiger partial charge in [0.15, 0.2) is 0 Å². The Morgan fingerprint density at radius 1 is 1.38 bits per heavy atom. The monoisotopic (exact) mass is 325 g/mol. The number of anilines is 1. The number of thiazole rings is 1. The van der Waals surface area contributed by atoms with Gasteiger partial charge in [-0.05, 0) is 12.1 Å². The lowest BCUT2D eigenvalue weighted by Gasteiger charge is -2.10. The number of amides is 2. The summed E-state index contributed by atoms with van der Waals surface area (Å²) in [5, 5.41) is 16.2. The number of aromatic nitrogens is 1. The number of hydrogen-bond acceptors (Lipinski definition) is 4. The molecule has 21 heavy (non-hydrogen) atoms. The van der Waals surface area contributed by atoms with Crippen LogP contribution in [0.15, 0.2) is 29.1 Å². The van der Waals surface area contributed by atoms with Crippen LogP contribution < -0.4 is 10.6 Å². The van der Waals surface area contributed by atoms with Crippen molar-refractivity contribution in [3.8, 4) is 0 Å². The van der Waals surface area contributed by atoms with Crippen LogP contribution in [-0.2, 0) is 6.42 Å². The third-order valence-electron chi connectivity index (χ3n) is 2.63. The number of rotatable bonds is 5. The molecule has 2 amide bonds. The maximum absolute atomic E-state index is 11.8. The Kier molecular flexibility index (Phi) is 5.13. The lowest BCUT2D eigenvalue weighted by molar-refractivity contribution is 0.0698. The molecule has 6 nitrogen and oxygen atoms in total. The number of carboxylic acids is 1. The molecule has 0 spiro atoms. The van der Waals surface area contributed by atoms with Crippen molar-refractivity contribution >= 4 is 40.6 Å². The van der Waals surface area contributed by atoms with Crippen LogP contribution in [-0.4, -0.2) is 28.6 Å². The standard InChI is InChI=1S/C13H12ClN3O3S/c14-9-2-1-3-10(11(9)12(18)19)17-13(20)15-5-4-8-6-21-7-16-8/h1-3,6-7H,4-5H2,(H,18,19)(H2,15,17,20). The number of carboxylic acid groups (broad SMARTS) is 1. The van der Waals surface area contributed by atoms with Gasteiger partial charge in [-0.2, -0.15) is 0 Å². The van der Waals surface area contributed by atoms with E-state index in [0.29, 0.717) is 13.0 Å². The van der Waals surface area contributed by atoms with Crippen molar-refractivity contribution in [2.75, 3.05) is 11.9 Å².